The Morgan fingerprint density at radius 2 is 2.04 bits per heavy atom. The Hall–Kier alpha value is -2.96. The van der Waals surface area contributed by atoms with E-state index in [0.717, 1.165) is 10.1 Å². The van der Waals surface area contributed by atoms with Crippen LogP contribution in [-0.4, -0.2) is 26.5 Å². The fourth-order valence-corrected chi connectivity index (χ4v) is 2.84. The van der Waals surface area contributed by atoms with Gasteiger partial charge in [-0.05, 0) is 18.4 Å². The van der Waals surface area contributed by atoms with E-state index < -0.39 is 17.6 Å². The lowest BCUT2D eigenvalue weighted by Crippen LogP contribution is -2.31. The number of aryl methyl sites for hydroxylation is 2. The van der Waals surface area contributed by atoms with Crippen LogP contribution in [0.1, 0.15) is 30.3 Å². The van der Waals surface area contributed by atoms with E-state index in [4.69, 9.17) is 0 Å². The van der Waals surface area contributed by atoms with Crippen molar-refractivity contribution < 1.29 is 14.7 Å². The maximum Gasteiger partial charge on any atom is 0.326 e. The highest BCUT2D eigenvalue weighted by Crippen LogP contribution is 2.23. The minimum atomic E-state index is -1.06. The van der Waals surface area contributed by atoms with Gasteiger partial charge in [0.15, 0.2) is 0 Å². The highest BCUT2D eigenvalue weighted by molar-refractivity contribution is 5.90. The lowest BCUT2D eigenvalue weighted by molar-refractivity contribution is -0.140. The van der Waals surface area contributed by atoms with Crippen molar-refractivity contribution in [1.82, 2.24) is 9.55 Å². The van der Waals surface area contributed by atoms with Crippen molar-refractivity contribution in [3.05, 3.63) is 58.3 Å². The fraction of sp³-hybridized carbons (Fsp3) is 0.294. The number of fused-ring (bicyclic) bond motifs is 1. The lowest BCUT2D eigenvalue weighted by Gasteiger charge is -2.11. The van der Waals surface area contributed by atoms with Crippen molar-refractivity contribution >= 4 is 17.6 Å². The van der Waals surface area contributed by atoms with Crippen LogP contribution in [0.5, 0.6) is 0 Å². The SMILES string of the molecule is O=C(CCc1ccccc1)Nc1cnc2n(c1=O)C(C(=O)O)CC2. The Kier molecular flexibility index (Phi) is 4.41. The summed E-state index contributed by atoms with van der Waals surface area (Å²) in [6.45, 7) is 0. The summed E-state index contributed by atoms with van der Waals surface area (Å²) in [5.41, 5.74) is 0.533. The fourth-order valence-electron chi connectivity index (χ4n) is 2.84. The number of benzene rings is 1. The van der Waals surface area contributed by atoms with Gasteiger partial charge in [0.25, 0.3) is 5.56 Å². The summed E-state index contributed by atoms with van der Waals surface area (Å²) in [6, 6.07) is 8.64. The molecule has 1 aromatic heterocycles. The number of nitrogens with zero attached hydrogens (tertiary/aromatic N) is 2. The predicted octanol–water partition coefficient (Wildman–Crippen LogP) is 1.39. The molecule has 2 N–H and O–H groups in total. The van der Waals surface area contributed by atoms with E-state index in [1.807, 2.05) is 30.3 Å². The number of carbonyl (C=O) groups excluding carboxylic acids is 1. The van der Waals surface area contributed by atoms with Gasteiger partial charge >= 0.3 is 5.97 Å². The van der Waals surface area contributed by atoms with Crippen LogP contribution in [0.25, 0.3) is 0 Å². The van der Waals surface area contributed by atoms with Crippen LogP contribution >= 0.6 is 0 Å². The third-order valence-electron chi connectivity index (χ3n) is 4.07. The van der Waals surface area contributed by atoms with Crippen molar-refractivity contribution in [2.75, 3.05) is 5.32 Å². The topological polar surface area (TPSA) is 101 Å². The molecule has 7 nitrogen and oxygen atoms in total. The number of hydrogen-bond donors (Lipinski definition) is 2. The number of carbonyl (C=O) groups is 2. The van der Waals surface area contributed by atoms with Crippen molar-refractivity contribution in [2.45, 2.75) is 31.7 Å². The first-order valence-corrected chi connectivity index (χ1v) is 7.73. The molecule has 2 heterocycles. The third kappa shape index (κ3) is 3.19. The maximum atomic E-state index is 12.4. The summed E-state index contributed by atoms with van der Waals surface area (Å²) < 4.78 is 1.16. The monoisotopic (exact) mass is 327 g/mol. The van der Waals surface area contributed by atoms with Gasteiger partial charge in [0.1, 0.15) is 17.6 Å². The predicted molar refractivity (Wildman–Crippen MR) is 86.9 cm³/mol. The van der Waals surface area contributed by atoms with Crippen LogP contribution in [0.3, 0.4) is 0 Å². The summed E-state index contributed by atoms with van der Waals surface area (Å²) in [4.78, 5) is 39.8. The van der Waals surface area contributed by atoms with Gasteiger partial charge in [-0.25, -0.2) is 9.78 Å². The van der Waals surface area contributed by atoms with Crippen LogP contribution < -0.4 is 10.9 Å². The Morgan fingerprint density at radius 1 is 1.29 bits per heavy atom. The summed E-state index contributed by atoms with van der Waals surface area (Å²) in [5.74, 6) is -0.928. The molecular formula is C17H17N3O4. The molecule has 1 aromatic carbocycles. The van der Waals surface area contributed by atoms with Crippen LogP contribution in [0.4, 0.5) is 5.69 Å². The third-order valence-corrected chi connectivity index (χ3v) is 4.07. The Labute approximate surface area is 138 Å². The molecule has 3 rings (SSSR count). The first-order chi connectivity index (χ1) is 11.6. The number of anilines is 1. The van der Waals surface area contributed by atoms with Gasteiger partial charge in [-0.15, -0.1) is 0 Å². The molecule has 0 saturated carbocycles. The number of nitrogens with one attached hydrogen (secondary N) is 1. The summed E-state index contributed by atoms with van der Waals surface area (Å²) in [6.07, 6.45) is 2.87. The van der Waals surface area contributed by atoms with E-state index >= 15 is 0 Å². The van der Waals surface area contributed by atoms with Crippen molar-refractivity contribution in [3.63, 3.8) is 0 Å². The molecule has 0 fully saturated rings. The second kappa shape index (κ2) is 6.66. The highest BCUT2D eigenvalue weighted by atomic mass is 16.4. The normalized spacial score (nSPS) is 15.8. The molecule has 1 aliphatic rings. The van der Waals surface area contributed by atoms with Crippen LogP contribution in [0, 0.1) is 0 Å². The number of aliphatic carboxylic acids is 1. The minimum absolute atomic E-state index is 0.0185. The quantitative estimate of drug-likeness (QED) is 0.864. The minimum Gasteiger partial charge on any atom is -0.480 e. The number of hydrogen-bond acceptors (Lipinski definition) is 4. The zero-order valence-electron chi connectivity index (χ0n) is 12.9. The van der Waals surface area contributed by atoms with E-state index in [-0.39, 0.29) is 18.0 Å². The molecule has 0 bridgehead atoms. The molecule has 2 aromatic rings. The van der Waals surface area contributed by atoms with Gasteiger partial charge in [0.05, 0.1) is 6.20 Å². The van der Waals surface area contributed by atoms with Gasteiger partial charge in [-0.1, -0.05) is 30.3 Å². The summed E-state index contributed by atoms with van der Waals surface area (Å²) >= 11 is 0. The number of aromatic nitrogens is 2. The molecule has 7 heteroatoms. The molecule has 1 unspecified atom stereocenters. The smallest absolute Gasteiger partial charge is 0.326 e. The average molecular weight is 327 g/mol. The molecule has 0 spiro atoms. The molecule has 1 amide bonds. The number of carboxylic acid groups (broad SMARTS) is 1. The van der Waals surface area contributed by atoms with E-state index in [2.05, 4.69) is 10.3 Å². The van der Waals surface area contributed by atoms with Crippen LogP contribution in [-0.2, 0) is 22.4 Å². The second-order valence-electron chi connectivity index (χ2n) is 5.69. The first kappa shape index (κ1) is 15.9. The van der Waals surface area contributed by atoms with E-state index in [9.17, 15) is 19.5 Å². The number of rotatable bonds is 5. The zero-order valence-corrected chi connectivity index (χ0v) is 12.9. The first-order valence-electron chi connectivity index (χ1n) is 7.73. The van der Waals surface area contributed by atoms with Gasteiger partial charge < -0.3 is 10.4 Å². The molecule has 24 heavy (non-hydrogen) atoms. The lowest BCUT2D eigenvalue weighted by atomic mass is 10.1. The Balaban J connectivity index is 1.72. The largest absolute Gasteiger partial charge is 0.480 e. The molecule has 124 valence electrons. The summed E-state index contributed by atoms with van der Waals surface area (Å²) in [5, 5.41) is 11.7. The molecule has 1 aliphatic heterocycles. The van der Waals surface area contributed by atoms with E-state index in [0.29, 0.717) is 25.1 Å². The second-order valence-corrected chi connectivity index (χ2v) is 5.69. The zero-order chi connectivity index (χ0) is 17.1. The Morgan fingerprint density at radius 3 is 2.75 bits per heavy atom. The van der Waals surface area contributed by atoms with Crippen molar-refractivity contribution in [3.8, 4) is 0 Å². The van der Waals surface area contributed by atoms with Crippen LogP contribution in [0.15, 0.2) is 41.3 Å². The molecule has 0 radical (unpaired) electrons. The van der Waals surface area contributed by atoms with Crippen LogP contribution in [0.2, 0.25) is 0 Å². The maximum absolute atomic E-state index is 12.4. The van der Waals surface area contributed by atoms with Gasteiger partial charge in [-0.2, -0.15) is 0 Å². The van der Waals surface area contributed by atoms with Crippen molar-refractivity contribution in [2.24, 2.45) is 0 Å². The van der Waals surface area contributed by atoms with Crippen molar-refractivity contribution in [1.29, 1.82) is 0 Å². The van der Waals surface area contributed by atoms with Gasteiger partial charge in [0.2, 0.25) is 5.91 Å². The summed E-state index contributed by atoms with van der Waals surface area (Å²) in [7, 11) is 0. The van der Waals surface area contributed by atoms with E-state index in [1.54, 1.807) is 0 Å². The Bertz CT molecular complexity index is 829. The van der Waals surface area contributed by atoms with Gasteiger partial charge in [-0.3, -0.25) is 14.2 Å². The number of amides is 1. The molecule has 0 aliphatic carbocycles. The standard InChI is InChI=1S/C17H17N3O4/c21-15(9-6-11-4-2-1-3-5-11)19-12-10-18-14-8-7-13(17(23)24)20(14)16(12)22/h1-5,10,13H,6-9H2,(H,19,21)(H,23,24). The highest BCUT2D eigenvalue weighted by Gasteiger charge is 2.30. The van der Waals surface area contributed by atoms with Gasteiger partial charge in [0, 0.05) is 12.8 Å². The average Bonchev–Trinajstić information content (AvgIpc) is 3.02. The molecular weight excluding hydrogens is 310 g/mol. The number of carboxylic acids is 1. The molecule has 0 saturated heterocycles. The van der Waals surface area contributed by atoms with E-state index in [1.165, 1.54) is 6.20 Å². The molecule has 1 atom stereocenters.